The van der Waals surface area contributed by atoms with E-state index >= 15 is 0 Å². The molecule has 0 aliphatic rings. The normalized spacial score (nSPS) is 14.0. The van der Waals surface area contributed by atoms with Gasteiger partial charge in [0.05, 0.1) is 0 Å². The quantitative estimate of drug-likeness (QED) is 0.533. The Morgan fingerprint density at radius 2 is 1.75 bits per heavy atom. The molecule has 114 valence electrons. The summed E-state index contributed by atoms with van der Waals surface area (Å²) in [6, 6.07) is 8.04. The first-order valence-electron chi connectivity index (χ1n) is 7.49. The first kappa shape index (κ1) is 17.2. The molecule has 0 saturated carbocycles. The van der Waals surface area contributed by atoms with Crippen molar-refractivity contribution in [2.75, 3.05) is 17.8 Å². The molecule has 0 aromatic heterocycles. The third-order valence-corrected chi connectivity index (χ3v) is 5.11. The zero-order valence-corrected chi connectivity index (χ0v) is 13.8. The molecule has 20 heavy (non-hydrogen) atoms. The van der Waals surface area contributed by atoms with Gasteiger partial charge >= 0.3 is 7.59 Å². The van der Waals surface area contributed by atoms with Crippen molar-refractivity contribution in [1.29, 1.82) is 0 Å². The van der Waals surface area contributed by atoms with Crippen LogP contribution in [0.1, 0.15) is 45.1 Å². The van der Waals surface area contributed by atoms with Gasteiger partial charge in [-0.15, -0.1) is 0 Å². The van der Waals surface area contributed by atoms with Crippen molar-refractivity contribution in [3.63, 3.8) is 0 Å². The molecule has 5 heteroatoms. The number of rotatable bonds is 9. The summed E-state index contributed by atoms with van der Waals surface area (Å²) in [7, 11) is -3.02. The lowest BCUT2D eigenvalue weighted by atomic mass is 10.2. The highest BCUT2D eigenvalue weighted by Gasteiger charge is 2.25. The van der Waals surface area contributed by atoms with Crippen LogP contribution in [0.15, 0.2) is 24.3 Å². The van der Waals surface area contributed by atoms with Crippen LogP contribution in [0, 0.1) is 6.92 Å². The Morgan fingerprint density at radius 3 is 2.30 bits per heavy atom. The van der Waals surface area contributed by atoms with Crippen LogP contribution < -0.4 is 15.3 Å². The SMILES string of the molecule is CCCCNP(N)(=O)N(CCCC)c1ccc(C)cc1. The van der Waals surface area contributed by atoms with Crippen molar-refractivity contribution in [3.05, 3.63) is 29.8 Å². The average molecular weight is 297 g/mol. The molecule has 1 rings (SSSR count). The lowest BCUT2D eigenvalue weighted by Crippen LogP contribution is -2.33. The highest BCUT2D eigenvalue weighted by molar-refractivity contribution is 7.61. The minimum atomic E-state index is -3.02. The molecule has 1 unspecified atom stereocenters. The number of aryl methyl sites for hydroxylation is 1. The summed E-state index contributed by atoms with van der Waals surface area (Å²) >= 11 is 0. The van der Waals surface area contributed by atoms with E-state index in [1.165, 1.54) is 5.56 Å². The predicted molar refractivity (Wildman–Crippen MR) is 88.1 cm³/mol. The number of hydrogen-bond acceptors (Lipinski definition) is 1. The highest BCUT2D eigenvalue weighted by atomic mass is 31.2. The average Bonchev–Trinajstić information content (AvgIpc) is 2.41. The first-order chi connectivity index (χ1) is 9.51. The molecule has 0 saturated heterocycles. The second kappa shape index (κ2) is 8.46. The minimum Gasteiger partial charge on any atom is -0.300 e. The Hall–Kier alpha value is -0.830. The zero-order valence-electron chi connectivity index (χ0n) is 12.9. The minimum absolute atomic E-state index is 0.693. The van der Waals surface area contributed by atoms with E-state index in [9.17, 15) is 4.57 Å². The number of hydrogen-bond donors (Lipinski definition) is 2. The van der Waals surface area contributed by atoms with E-state index < -0.39 is 7.59 Å². The van der Waals surface area contributed by atoms with Gasteiger partial charge in [-0.25, -0.2) is 5.09 Å². The standard InChI is InChI=1S/C15H28N3OP/c1-4-6-12-17-20(16,19)18(13-7-5-2)15-10-8-14(3)9-11-15/h8-11H,4-7,12-13H2,1-3H3,(H3,16,17,19). The summed E-state index contributed by atoms with van der Waals surface area (Å²) in [4.78, 5) is 0. The maximum absolute atomic E-state index is 12.8. The van der Waals surface area contributed by atoms with Gasteiger partial charge in [0.15, 0.2) is 0 Å². The van der Waals surface area contributed by atoms with Crippen molar-refractivity contribution in [3.8, 4) is 0 Å². The molecule has 0 bridgehead atoms. The molecular weight excluding hydrogens is 269 g/mol. The summed E-state index contributed by atoms with van der Waals surface area (Å²) in [5.74, 6) is 0. The molecule has 0 radical (unpaired) electrons. The third-order valence-electron chi connectivity index (χ3n) is 3.28. The Labute approximate surface area is 123 Å². The fourth-order valence-corrected chi connectivity index (χ4v) is 3.54. The molecule has 1 atom stereocenters. The van der Waals surface area contributed by atoms with Crippen LogP contribution in [0.2, 0.25) is 0 Å². The van der Waals surface area contributed by atoms with E-state index in [1.807, 2.05) is 35.9 Å². The first-order valence-corrected chi connectivity index (χ1v) is 9.22. The van der Waals surface area contributed by atoms with Crippen molar-refractivity contribution in [1.82, 2.24) is 5.09 Å². The van der Waals surface area contributed by atoms with E-state index in [0.717, 1.165) is 31.4 Å². The maximum atomic E-state index is 12.8. The van der Waals surface area contributed by atoms with Crippen molar-refractivity contribution < 1.29 is 4.57 Å². The van der Waals surface area contributed by atoms with Crippen molar-refractivity contribution >= 4 is 13.3 Å². The van der Waals surface area contributed by atoms with Gasteiger partial charge in [0.1, 0.15) is 0 Å². The highest BCUT2D eigenvalue weighted by Crippen LogP contribution is 2.41. The second-order valence-corrected chi connectivity index (χ2v) is 7.24. The van der Waals surface area contributed by atoms with Crippen LogP contribution in [-0.4, -0.2) is 13.1 Å². The van der Waals surface area contributed by atoms with E-state index in [2.05, 4.69) is 18.9 Å². The lowest BCUT2D eigenvalue weighted by molar-refractivity contribution is 0.557. The topological polar surface area (TPSA) is 58.4 Å². The molecule has 0 aliphatic heterocycles. The summed E-state index contributed by atoms with van der Waals surface area (Å²) in [5.41, 5.74) is 8.20. The van der Waals surface area contributed by atoms with E-state index in [-0.39, 0.29) is 0 Å². The van der Waals surface area contributed by atoms with Crippen LogP contribution in [0.4, 0.5) is 5.69 Å². The molecular formula is C15H28N3OP. The zero-order chi connectivity index (χ0) is 15.0. The summed E-state index contributed by atoms with van der Waals surface area (Å²) in [6.07, 6.45) is 4.07. The fraction of sp³-hybridized carbons (Fsp3) is 0.600. The van der Waals surface area contributed by atoms with Crippen molar-refractivity contribution in [2.24, 2.45) is 5.50 Å². The van der Waals surface area contributed by atoms with Gasteiger partial charge in [-0.2, -0.15) is 0 Å². The molecule has 0 aliphatic carbocycles. The molecule has 4 nitrogen and oxygen atoms in total. The molecule has 0 amide bonds. The van der Waals surface area contributed by atoms with Gasteiger partial charge in [-0.1, -0.05) is 44.4 Å². The third kappa shape index (κ3) is 5.28. The Kier molecular flexibility index (Phi) is 7.28. The maximum Gasteiger partial charge on any atom is 0.303 e. The summed E-state index contributed by atoms with van der Waals surface area (Å²) in [5, 5.41) is 3.04. The molecule has 0 fully saturated rings. The van der Waals surface area contributed by atoms with Gasteiger partial charge < -0.3 is 0 Å². The van der Waals surface area contributed by atoms with Crippen LogP contribution >= 0.6 is 7.59 Å². The smallest absolute Gasteiger partial charge is 0.300 e. The molecule has 1 aromatic rings. The van der Waals surface area contributed by atoms with Crippen LogP contribution in [0.3, 0.4) is 0 Å². The molecule has 0 spiro atoms. The summed E-state index contributed by atoms with van der Waals surface area (Å²) in [6.45, 7) is 7.68. The van der Waals surface area contributed by atoms with Gasteiger partial charge in [-0.3, -0.25) is 14.7 Å². The number of nitrogens with zero attached hydrogens (tertiary/aromatic N) is 1. The van der Waals surface area contributed by atoms with Gasteiger partial charge in [0.2, 0.25) is 0 Å². The molecule has 1 aromatic carbocycles. The van der Waals surface area contributed by atoms with Gasteiger partial charge in [0.25, 0.3) is 0 Å². The number of nitrogens with one attached hydrogen (secondary N) is 1. The van der Waals surface area contributed by atoms with Gasteiger partial charge in [-0.05, 0) is 31.9 Å². The number of nitrogens with two attached hydrogens (primary N) is 1. The lowest BCUT2D eigenvalue weighted by Gasteiger charge is -2.31. The number of benzene rings is 1. The molecule has 3 N–H and O–H groups in total. The van der Waals surface area contributed by atoms with E-state index in [4.69, 9.17) is 5.50 Å². The summed E-state index contributed by atoms with van der Waals surface area (Å²) < 4.78 is 14.6. The van der Waals surface area contributed by atoms with E-state index in [0.29, 0.717) is 13.1 Å². The van der Waals surface area contributed by atoms with Crippen LogP contribution in [0.5, 0.6) is 0 Å². The van der Waals surface area contributed by atoms with Crippen LogP contribution in [-0.2, 0) is 4.57 Å². The molecule has 0 heterocycles. The number of unbranched alkanes of at least 4 members (excludes halogenated alkanes) is 2. The van der Waals surface area contributed by atoms with Crippen LogP contribution in [0.25, 0.3) is 0 Å². The monoisotopic (exact) mass is 297 g/mol. The van der Waals surface area contributed by atoms with E-state index in [1.54, 1.807) is 0 Å². The number of anilines is 1. The Morgan fingerprint density at radius 1 is 1.15 bits per heavy atom. The Balaban J connectivity index is 2.87. The predicted octanol–water partition coefficient (Wildman–Crippen LogP) is 4.06. The van der Waals surface area contributed by atoms with Gasteiger partial charge in [0, 0.05) is 18.8 Å². The largest absolute Gasteiger partial charge is 0.303 e. The van der Waals surface area contributed by atoms with Crippen molar-refractivity contribution in [2.45, 2.75) is 46.5 Å². The Bertz CT molecular complexity index is 433. The second-order valence-electron chi connectivity index (χ2n) is 5.20. The fourth-order valence-electron chi connectivity index (χ4n) is 1.98.